The molecule has 2 aromatic carbocycles. The molecule has 21 heavy (non-hydrogen) atoms. The first-order valence-corrected chi connectivity index (χ1v) is 6.96. The molecule has 0 aromatic heterocycles. The van der Waals surface area contributed by atoms with Gasteiger partial charge in [0.15, 0.2) is 0 Å². The van der Waals surface area contributed by atoms with E-state index in [1.54, 1.807) is 0 Å². The third-order valence-corrected chi connectivity index (χ3v) is 3.50. The largest absolute Gasteiger partial charge is 0.398 e. The van der Waals surface area contributed by atoms with Crippen LogP contribution in [0.3, 0.4) is 0 Å². The van der Waals surface area contributed by atoms with Crippen molar-refractivity contribution in [1.82, 2.24) is 5.32 Å². The first-order chi connectivity index (χ1) is 10.0. The molecule has 1 unspecified atom stereocenters. The van der Waals surface area contributed by atoms with Gasteiger partial charge in [0.2, 0.25) is 0 Å². The summed E-state index contributed by atoms with van der Waals surface area (Å²) in [6.07, 6.45) is 0.973. The summed E-state index contributed by atoms with van der Waals surface area (Å²) in [5.74, 6) is -0.853. The Kier molecular flexibility index (Phi) is 4.58. The minimum Gasteiger partial charge on any atom is -0.398 e. The van der Waals surface area contributed by atoms with Crippen LogP contribution in [0, 0.1) is 5.82 Å². The molecule has 0 saturated carbocycles. The van der Waals surface area contributed by atoms with Gasteiger partial charge in [0, 0.05) is 5.69 Å². The van der Waals surface area contributed by atoms with Crippen LogP contribution in [0.4, 0.5) is 10.1 Å². The van der Waals surface area contributed by atoms with Crippen molar-refractivity contribution in [2.45, 2.75) is 26.3 Å². The molecule has 0 heterocycles. The second-order valence-electron chi connectivity index (χ2n) is 5.02. The predicted molar refractivity (Wildman–Crippen MR) is 82.5 cm³/mol. The normalized spacial score (nSPS) is 12.0. The number of carbonyl (C=O) groups excluding carboxylic acids is 1. The molecule has 1 amide bonds. The summed E-state index contributed by atoms with van der Waals surface area (Å²) in [5, 5.41) is 2.83. The van der Waals surface area contributed by atoms with E-state index >= 15 is 0 Å². The lowest BCUT2D eigenvalue weighted by Gasteiger charge is -2.15. The van der Waals surface area contributed by atoms with Crippen LogP contribution in [0.5, 0.6) is 0 Å². The van der Waals surface area contributed by atoms with Gasteiger partial charge >= 0.3 is 0 Å². The van der Waals surface area contributed by atoms with E-state index in [1.165, 1.54) is 17.7 Å². The summed E-state index contributed by atoms with van der Waals surface area (Å²) in [6, 6.07) is 11.6. The molecule has 110 valence electrons. The fraction of sp³-hybridized carbons (Fsp3) is 0.235. The summed E-state index contributed by atoms with van der Waals surface area (Å²) in [7, 11) is 0. The minimum absolute atomic E-state index is 0.159. The molecule has 0 bridgehead atoms. The Morgan fingerprint density at radius 3 is 2.52 bits per heavy atom. The van der Waals surface area contributed by atoms with Crippen LogP contribution >= 0.6 is 0 Å². The number of benzene rings is 2. The third kappa shape index (κ3) is 3.60. The SMILES string of the molecule is CCc1ccc(C(C)NC(=O)c2cc(F)ccc2N)cc1. The van der Waals surface area contributed by atoms with E-state index in [-0.39, 0.29) is 23.2 Å². The van der Waals surface area contributed by atoms with Crippen LogP contribution in [-0.2, 0) is 6.42 Å². The lowest BCUT2D eigenvalue weighted by Crippen LogP contribution is -2.27. The van der Waals surface area contributed by atoms with Crippen molar-refractivity contribution in [1.29, 1.82) is 0 Å². The highest BCUT2D eigenvalue weighted by molar-refractivity contribution is 5.99. The Hall–Kier alpha value is -2.36. The van der Waals surface area contributed by atoms with Crippen molar-refractivity contribution >= 4 is 11.6 Å². The molecule has 3 nitrogen and oxygen atoms in total. The van der Waals surface area contributed by atoms with E-state index in [9.17, 15) is 9.18 Å². The molecular formula is C17H19FN2O. The van der Waals surface area contributed by atoms with Crippen molar-refractivity contribution in [3.63, 3.8) is 0 Å². The van der Waals surface area contributed by atoms with Crippen molar-refractivity contribution in [2.24, 2.45) is 0 Å². The zero-order valence-electron chi connectivity index (χ0n) is 12.2. The number of nitrogens with two attached hydrogens (primary N) is 1. The van der Waals surface area contributed by atoms with Crippen LogP contribution in [0.15, 0.2) is 42.5 Å². The third-order valence-electron chi connectivity index (χ3n) is 3.50. The monoisotopic (exact) mass is 286 g/mol. The van der Waals surface area contributed by atoms with Gasteiger partial charge in [-0.3, -0.25) is 4.79 Å². The molecule has 0 spiro atoms. The van der Waals surface area contributed by atoms with E-state index in [4.69, 9.17) is 5.73 Å². The van der Waals surface area contributed by atoms with Gasteiger partial charge in [0.05, 0.1) is 11.6 Å². The molecule has 2 aromatic rings. The topological polar surface area (TPSA) is 55.1 Å². The molecule has 0 aliphatic heterocycles. The maximum Gasteiger partial charge on any atom is 0.253 e. The molecule has 3 N–H and O–H groups in total. The molecule has 4 heteroatoms. The van der Waals surface area contributed by atoms with Crippen molar-refractivity contribution in [3.8, 4) is 0 Å². The van der Waals surface area contributed by atoms with Crippen LogP contribution in [0.2, 0.25) is 0 Å². The summed E-state index contributed by atoms with van der Waals surface area (Å²) in [5.41, 5.74) is 8.38. The quantitative estimate of drug-likeness (QED) is 0.846. The van der Waals surface area contributed by atoms with Crippen molar-refractivity contribution < 1.29 is 9.18 Å². The van der Waals surface area contributed by atoms with Crippen molar-refractivity contribution in [3.05, 3.63) is 65.0 Å². The zero-order chi connectivity index (χ0) is 15.4. The number of aryl methyl sites for hydroxylation is 1. The zero-order valence-corrected chi connectivity index (χ0v) is 12.2. The average Bonchev–Trinajstić information content (AvgIpc) is 2.49. The summed E-state index contributed by atoms with van der Waals surface area (Å²) < 4.78 is 13.2. The fourth-order valence-corrected chi connectivity index (χ4v) is 2.12. The van der Waals surface area contributed by atoms with Gasteiger partial charge in [-0.1, -0.05) is 31.2 Å². The van der Waals surface area contributed by atoms with Crippen LogP contribution in [0.25, 0.3) is 0 Å². The van der Waals surface area contributed by atoms with E-state index in [0.29, 0.717) is 0 Å². The number of halogens is 1. The number of anilines is 1. The highest BCUT2D eigenvalue weighted by atomic mass is 19.1. The van der Waals surface area contributed by atoms with Gasteiger partial charge in [0.25, 0.3) is 5.91 Å². The van der Waals surface area contributed by atoms with E-state index in [0.717, 1.165) is 18.1 Å². The Morgan fingerprint density at radius 1 is 1.24 bits per heavy atom. The number of hydrogen-bond donors (Lipinski definition) is 2. The highest BCUT2D eigenvalue weighted by Crippen LogP contribution is 2.17. The number of amides is 1. The number of hydrogen-bond acceptors (Lipinski definition) is 2. The Bertz CT molecular complexity index is 638. The molecule has 2 rings (SSSR count). The second kappa shape index (κ2) is 6.39. The van der Waals surface area contributed by atoms with E-state index < -0.39 is 5.82 Å². The smallest absolute Gasteiger partial charge is 0.253 e. The maximum absolute atomic E-state index is 13.2. The second-order valence-corrected chi connectivity index (χ2v) is 5.02. The van der Waals surface area contributed by atoms with E-state index in [1.807, 2.05) is 31.2 Å². The molecule has 1 atom stereocenters. The first kappa shape index (κ1) is 15.0. The van der Waals surface area contributed by atoms with Crippen LogP contribution in [-0.4, -0.2) is 5.91 Å². The lowest BCUT2D eigenvalue weighted by molar-refractivity contribution is 0.0940. The highest BCUT2D eigenvalue weighted by Gasteiger charge is 2.14. The lowest BCUT2D eigenvalue weighted by atomic mass is 10.0. The average molecular weight is 286 g/mol. The standard InChI is InChI=1S/C17H19FN2O/c1-3-12-4-6-13(7-5-12)11(2)20-17(21)15-10-14(18)8-9-16(15)19/h4-11H,3,19H2,1-2H3,(H,20,21). The summed E-state index contributed by atoms with van der Waals surface area (Å²) in [4.78, 5) is 12.2. The molecule has 0 aliphatic rings. The van der Waals surface area contributed by atoms with Crippen molar-refractivity contribution in [2.75, 3.05) is 5.73 Å². The number of nitrogens with one attached hydrogen (secondary N) is 1. The van der Waals surface area contributed by atoms with Gasteiger partial charge in [-0.2, -0.15) is 0 Å². The molecule has 0 fully saturated rings. The molecule has 0 aliphatic carbocycles. The van der Waals surface area contributed by atoms with Gasteiger partial charge in [-0.15, -0.1) is 0 Å². The Morgan fingerprint density at radius 2 is 1.90 bits per heavy atom. The summed E-state index contributed by atoms with van der Waals surface area (Å²) >= 11 is 0. The number of carbonyl (C=O) groups is 1. The molecule has 0 saturated heterocycles. The minimum atomic E-state index is -0.477. The Labute approximate surface area is 124 Å². The predicted octanol–water partition coefficient (Wildman–Crippen LogP) is 3.46. The van der Waals surface area contributed by atoms with Gasteiger partial charge < -0.3 is 11.1 Å². The molecular weight excluding hydrogens is 267 g/mol. The van der Waals surface area contributed by atoms with Gasteiger partial charge in [-0.05, 0) is 42.7 Å². The number of nitrogen functional groups attached to an aromatic ring is 1. The fourth-order valence-electron chi connectivity index (χ4n) is 2.12. The number of rotatable bonds is 4. The van der Waals surface area contributed by atoms with Crippen LogP contribution in [0.1, 0.15) is 41.4 Å². The van der Waals surface area contributed by atoms with Gasteiger partial charge in [0.1, 0.15) is 5.82 Å². The maximum atomic E-state index is 13.2. The molecule has 0 radical (unpaired) electrons. The first-order valence-electron chi connectivity index (χ1n) is 6.96. The van der Waals surface area contributed by atoms with Crippen LogP contribution < -0.4 is 11.1 Å². The summed E-state index contributed by atoms with van der Waals surface area (Å²) in [6.45, 7) is 3.97. The van der Waals surface area contributed by atoms with Gasteiger partial charge in [-0.25, -0.2) is 4.39 Å². The van der Waals surface area contributed by atoms with E-state index in [2.05, 4.69) is 12.2 Å². The Balaban J connectivity index is 2.12.